The lowest BCUT2D eigenvalue weighted by Crippen LogP contribution is -2.18. The Labute approximate surface area is 121 Å². The van der Waals surface area contributed by atoms with Crippen LogP contribution in [0.2, 0.25) is 0 Å². The summed E-state index contributed by atoms with van der Waals surface area (Å²) >= 11 is 3.37. The molecule has 1 aliphatic heterocycles. The SMILES string of the molecule is COc1ccc(CC(=O)C2CCS(=O)(=O)C2)cc1Br. The van der Waals surface area contributed by atoms with Gasteiger partial charge in [0.2, 0.25) is 0 Å². The highest BCUT2D eigenvalue weighted by molar-refractivity contribution is 9.10. The standard InChI is InChI=1S/C13H15BrO4S/c1-18-13-3-2-9(6-11(13)14)7-12(15)10-4-5-19(16,17)8-10/h2-3,6,10H,4-5,7-8H2,1H3. The first-order valence-corrected chi connectivity index (χ1v) is 8.58. The third-order valence-corrected chi connectivity index (χ3v) is 5.67. The molecule has 1 aromatic rings. The van der Waals surface area contributed by atoms with E-state index in [0.29, 0.717) is 12.2 Å². The van der Waals surface area contributed by atoms with Gasteiger partial charge in [-0.2, -0.15) is 0 Å². The van der Waals surface area contributed by atoms with Crippen LogP contribution in [0.4, 0.5) is 0 Å². The van der Waals surface area contributed by atoms with E-state index in [1.54, 1.807) is 13.2 Å². The molecule has 2 rings (SSSR count). The summed E-state index contributed by atoms with van der Waals surface area (Å²) in [6.45, 7) is 0. The maximum atomic E-state index is 12.1. The number of sulfone groups is 1. The number of carbonyl (C=O) groups excluding carboxylic acids is 1. The molecule has 0 saturated carbocycles. The molecule has 0 aliphatic carbocycles. The van der Waals surface area contributed by atoms with E-state index in [0.717, 1.165) is 10.0 Å². The molecule has 0 amide bonds. The summed E-state index contributed by atoms with van der Waals surface area (Å²) < 4.78 is 28.6. The van der Waals surface area contributed by atoms with Crippen LogP contribution in [-0.2, 0) is 21.1 Å². The van der Waals surface area contributed by atoms with Gasteiger partial charge in [-0.3, -0.25) is 4.79 Å². The van der Waals surface area contributed by atoms with Gasteiger partial charge in [0.15, 0.2) is 9.84 Å². The minimum atomic E-state index is -3.00. The fourth-order valence-corrected chi connectivity index (χ4v) is 4.58. The third-order valence-electron chi connectivity index (χ3n) is 3.28. The van der Waals surface area contributed by atoms with E-state index in [4.69, 9.17) is 4.74 Å². The van der Waals surface area contributed by atoms with Crippen LogP contribution in [0, 0.1) is 5.92 Å². The molecule has 104 valence electrons. The van der Waals surface area contributed by atoms with E-state index in [-0.39, 0.29) is 29.6 Å². The average molecular weight is 347 g/mol. The zero-order chi connectivity index (χ0) is 14.0. The van der Waals surface area contributed by atoms with Gasteiger partial charge in [-0.15, -0.1) is 0 Å². The molecule has 0 aromatic heterocycles. The molecule has 0 N–H and O–H groups in total. The lowest BCUT2D eigenvalue weighted by molar-refractivity contribution is -0.121. The van der Waals surface area contributed by atoms with Crippen molar-refractivity contribution in [2.24, 2.45) is 5.92 Å². The molecule has 1 fully saturated rings. The van der Waals surface area contributed by atoms with Crippen molar-refractivity contribution >= 4 is 31.6 Å². The van der Waals surface area contributed by atoms with Crippen LogP contribution in [0.25, 0.3) is 0 Å². The number of ketones is 1. The van der Waals surface area contributed by atoms with E-state index in [2.05, 4.69) is 15.9 Å². The molecule has 1 heterocycles. The van der Waals surface area contributed by atoms with Gasteiger partial charge >= 0.3 is 0 Å². The van der Waals surface area contributed by atoms with E-state index in [1.165, 1.54) is 0 Å². The Bertz CT molecular complexity index is 595. The van der Waals surface area contributed by atoms with Crippen LogP contribution in [-0.4, -0.2) is 32.8 Å². The molecule has 1 aliphatic rings. The van der Waals surface area contributed by atoms with Gasteiger partial charge in [-0.1, -0.05) is 6.07 Å². The van der Waals surface area contributed by atoms with E-state index < -0.39 is 9.84 Å². The summed E-state index contributed by atoms with van der Waals surface area (Å²) in [6, 6.07) is 5.45. The largest absolute Gasteiger partial charge is 0.496 e. The molecule has 19 heavy (non-hydrogen) atoms. The Morgan fingerprint density at radius 2 is 2.21 bits per heavy atom. The predicted octanol–water partition coefficient (Wildman–Crippen LogP) is 2.00. The second-order valence-electron chi connectivity index (χ2n) is 4.71. The monoisotopic (exact) mass is 346 g/mol. The van der Waals surface area contributed by atoms with Crippen molar-refractivity contribution in [3.05, 3.63) is 28.2 Å². The van der Waals surface area contributed by atoms with Crippen LogP contribution in [0.15, 0.2) is 22.7 Å². The summed E-state index contributed by atoms with van der Waals surface area (Å²) in [6.07, 6.45) is 0.723. The second-order valence-corrected chi connectivity index (χ2v) is 7.80. The highest BCUT2D eigenvalue weighted by atomic mass is 79.9. The maximum absolute atomic E-state index is 12.1. The highest BCUT2D eigenvalue weighted by Gasteiger charge is 2.32. The maximum Gasteiger partial charge on any atom is 0.151 e. The van der Waals surface area contributed by atoms with Crippen molar-refractivity contribution in [3.8, 4) is 5.75 Å². The minimum absolute atomic E-state index is 0.00172. The highest BCUT2D eigenvalue weighted by Crippen LogP contribution is 2.27. The number of benzene rings is 1. The lowest BCUT2D eigenvalue weighted by Gasteiger charge is -2.08. The lowest BCUT2D eigenvalue weighted by atomic mass is 9.97. The smallest absolute Gasteiger partial charge is 0.151 e. The quantitative estimate of drug-likeness (QED) is 0.836. The molecular formula is C13H15BrO4S. The van der Waals surface area contributed by atoms with Gasteiger partial charge in [0, 0.05) is 12.3 Å². The summed E-state index contributed by atoms with van der Waals surface area (Å²) in [5.41, 5.74) is 0.863. The van der Waals surface area contributed by atoms with Gasteiger partial charge in [0.25, 0.3) is 0 Å². The molecule has 6 heteroatoms. The summed E-state index contributed by atoms with van der Waals surface area (Å²) in [5.74, 6) is 0.502. The van der Waals surface area contributed by atoms with Gasteiger partial charge in [-0.25, -0.2) is 8.42 Å². The molecule has 0 radical (unpaired) electrons. The third kappa shape index (κ3) is 3.57. The number of carbonyl (C=O) groups is 1. The fourth-order valence-electron chi connectivity index (χ4n) is 2.21. The fraction of sp³-hybridized carbons (Fsp3) is 0.462. The van der Waals surface area contributed by atoms with Gasteiger partial charge < -0.3 is 4.74 Å². The normalized spacial score (nSPS) is 21.3. The van der Waals surface area contributed by atoms with Crippen molar-refractivity contribution in [3.63, 3.8) is 0 Å². The molecular weight excluding hydrogens is 332 g/mol. The molecule has 4 nitrogen and oxygen atoms in total. The molecule has 1 aromatic carbocycles. The van der Waals surface area contributed by atoms with Crippen molar-refractivity contribution in [2.45, 2.75) is 12.8 Å². The Morgan fingerprint density at radius 3 is 2.74 bits per heavy atom. The predicted molar refractivity (Wildman–Crippen MR) is 76.2 cm³/mol. The number of hydrogen-bond donors (Lipinski definition) is 0. The van der Waals surface area contributed by atoms with Crippen molar-refractivity contribution in [1.29, 1.82) is 0 Å². The Kier molecular flexibility index (Phi) is 4.30. The first-order chi connectivity index (χ1) is 8.91. The van der Waals surface area contributed by atoms with E-state index in [9.17, 15) is 13.2 Å². The van der Waals surface area contributed by atoms with Crippen molar-refractivity contribution in [2.75, 3.05) is 18.6 Å². The van der Waals surface area contributed by atoms with Crippen LogP contribution in [0.1, 0.15) is 12.0 Å². The molecule has 0 spiro atoms. The molecule has 1 atom stereocenters. The zero-order valence-corrected chi connectivity index (χ0v) is 13.0. The number of methoxy groups -OCH3 is 1. The summed E-state index contributed by atoms with van der Waals surface area (Å²) in [4.78, 5) is 12.1. The number of Topliss-reactive ketones (excluding diaryl/α,β-unsaturated/α-hetero) is 1. The number of ether oxygens (including phenoxy) is 1. The van der Waals surface area contributed by atoms with Crippen molar-refractivity contribution < 1.29 is 17.9 Å². The molecule has 1 unspecified atom stereocenters. The first-order valence-electron chi connectivity index (χ1n) is 5.97. The Hall–Kier alpha value is -0.880. The van der Waals surface area contributed by atoms with E-state index >= 15 is 0 Å². The van der Waals surface area contributed by atoms with Gasteiger partial charge in [0.1, 0.15) is 11.5 Å². The summed E-state index contributed by atoms with van der Waals surface area (Å²) in [7, 11) is -1.42. The average Bonchev–Trinajstić information content (AvgIpc) is 2.70. The van der Waals surface area contributed by atoms with Crippen LogP contribution < -0.4 is 4.74 Å². The Morgan fingerprint density at radius 1 is 1.47 bits per heavy atom. The molecule has 0 bridgehead atoms. The van der Waals surface area contributed by atoms with Crippen LogP contribution in [0.3, 0.4) is 0 Å². The minimum Gasteiger partial charge on any atom is -0.496 e. The zero-order valence-electron chi connectivity index (χ0n) is 10.6. The van der Waals surface area contributed by atoms with Gasteiger partial charge in [0.05, 0.1) is 23.1 Å². The topological polar surface area (TPSA) is 60.4 Å². The number of rotatable bonds is 4. The first kappa shape index (κ1) is 14.5. The van der Waals surface area contributed by atoms with E-state index in [1.807, 2.05) is 12.1 Å². The Balaban J connectivity index is 2.05. The van der Waals surface area contributed by atoms with Crippen LogP contribution in [0.5, 0.6) is 5.75 Å². The van der Waals surface area contributed by atoms with Gasteiger partial charge in [-0.05, 0) is 40.0 Å². The summed E-state index contributed by atoms with van der Waals surface area (Å²) in [5, 5.41) is 0. The van der Waals surface area contributed by atoms with Crippen molar-refractivity contribution in [1.82, 2.24) is 0 Å². The van der Waals surface area contributed by atoms with Crippen LogP contribution >= 0.6 is 15.9 Å². The molecule has 1 saturated heterocycles. The number of halogens is 1. The number of hydrogen-bond acceptors (Lipinski definition) is 4. The second kappa shape index (κ2) is 5.63.